The Morgan fingerprint density at radius 3 is 2.93 bits per heavy atom. The maximum atomic E-state index is 12.7. The minimum absolute atomic E-state index is 0.0113. The molecule has 29 heavy (non-hydrogen) atoms. The summed E-state index contributed by atoms with van der Waals surface area (Å²) in [4.78, 5) is 26.4. The number of methoxy groups -OCH3 is 1. The minimum atomic E-state index is -0.235. The maximum absolute atomic E-state index is 12.7. The maximum Gasteiger partial charge on any atom is 0.260 e. The van der Waals surface area contributed by atoms with Crippen LogP contribution in [0.2, 0.25) is 0 Å². The van der Waals surface area contributed by atoms with Crippen molar-refractivity contribution in [1.82, 2.24) is 15.1 Å². The molecule has 1 aliphatic rings. The summed E-state index contributed by atoms with van der Waals surface area (Å²) >= 11 is 0. The molecule has 1 atom stereocenters. The topological polar surface area (TPSA) is 96.5 Å². The van der Waals surface area contributed by atoms with Gasteiger partial charge in [0.25, 0.3) is 5.91 Å². The quantitative estimate of drug-likeness (QED) is 0.744. The number of carbonyl (C=O) groups excluding carboxylic acids is 2. The number of piperidine rings is 1. The lowest BCUT2D eigenvalue weighted by molar-refractivity contribution is -0.134. The van der Waals surface area contributed by atoms with Crippen LogP contribution >= 0.6 is 0 Å². The first kappa shape index (κ1) is 20.9. The second kappa shape index (κ2) is 9.56. The number of rotatable bonds is 7. The van der Waals surface area contributed by atoms with Crippen molar-refractivity contribution >= 4 is 17.5 Å². The number of nitrogens with one attached hydrogen (secondary N) is 2. The van der Waals surface area contributed by atoms with Gasteiger partial charge in [0.1, 0.15) is 12.4 Å². The molecular formula is C21H28N4O4. The van der Waals surface area contributed by atoms with E-state index >= 15 is 0 Å². The van der Waals surface area contributed by atoms with Crippen LogP contribution in [-0.4, -0.2) is 60.3 Å². The summed E-state index contributed by atoms with van der Waals surface area (Å²) in [6.07, 6.45) is 3.38. The number of likely N-dealkylation sites (tertiary alicyclic amines) is 1. The van der Waals surface area contributed by atoms with Gasteiger partial charge in [-0.3, -0.25) is 14.7 Å². The molecule has 0 bridgehead atoms. The zero-order valence-corrected chi connectivity index (χ0v) is 17.2. The minimum Gasteiger partial charge on any atom is -0.483 e. The van der Waals surface area contributed by atoms with Gasteiger partial charge in [0.2, 0.25) is 5.91 Å². The number of aromatic amines is 1. The monoisotopic (exact) mass is 400 g/mol. The summed E-state index contributed by atoms with van der Waals surface area (Å²) in [5, 5.41) is 9.85. The number of amides is 2. The number of hydrogen-bond acceptors (Lipinski definition) is 5. The Balaban J connectivity index is 1.60. The lowest BCUT2D eigenvalue weighted by atomic mass is 9.94. The molecule has 0 radical (unpaired) electrons. The Morgan fingerprint density at radius 1 is 1.31 bits per heavy atom. The zero-order valence-electron chi connectivity index (χ0n) is 17.2. The molecule has 1 aliphatic heterocycles. The number of hydrogen-bond donors (Lipinski definition) is 2. The van der Waals surface area contributed by atoms with Crippen LogP contribution in [0.1, 0.15) is 35.6 Å². The van der Waals surface area contributed by atoms with Crippen LogP contribution in [0.3, 0.4) is 0 Å². The SMILES string of the molecule is COCC(=O)Nc1cn[nH]c1[C@@H]1CCCN(C(=O)COc2cc(C)ccc2C)C1. The number of nitrogens with zero attached hydrogens (tertiary/aromatic N) is 2. The van der Waals surface area contributed by atoms with Crippen LogP contribution in [0.15, 0.2) is 24.4 Å². The van der Waals surface area contributed by atoms with Crippen molar-refractivity contribution in [2.75, 3.05) is 38.7 Å². The van der Waals surface area contributed by atoms with E-state index in [1.54, 1.807) is 6.20 Å². The van der Waals surface area contributed by atoms with Gasteiger partial charge in [-0.1, -0.05) is 12.1 Å². The molecule has 2 heterocycles. The number of anilines is 1. The number of aromatic nitrogens is 2. The largest absolute Gasteiger partial charge is 0.483 e. The van der Waals surface area contributed by atoms with Gasteiger partial charge >= 0.3 is 0 Å². The summed E-state index contributed by atoms with van der Waals surface area (Å²) in [5.41, 5.74) is 3.58. The molecule has 2 aromatic rings. The number of H-pyrrole nitrogens is 1. The first-order valence-corrected chi connectivity index (χ1v) is 9.77. The second-order valence-corrected chi connectivity index (χ2v) is 7.42. The van der Waals surface area contributed by atoms with Gasteiger partial charge in [-0.25, -0.2) is 0 Å². The third kappa shape index (κ3) is 5.35. The van der Waals surface area contributed by atoms with Gasteiger partial charge in [0.05, 0.1) is 17.6 Å². The second-order valence-electron chi connectivity index (χ2n) is 7.42. The molecule has 1 aromatic heterocycles. The van der Waals surface area contributed by atoms with E-state index in [2.05, 4.69) is 15.5 Å². The fourth-order valence-corrected chi connectivity index (χ4v) is 3.56. The van der Waals surface area contributed by atoms with Gasteiger partial charge in [0, 0.05) is 26.1 Å². The average Bonchev–Trinajstić information content (AvgIpc) is 3.16. The molecule has 156 valence electrons. The Labute approximate surface area is 170 Å². The number of benzene rings is 1. The van der Waals surface area contributed by atoms with Crippen molar-refractivity contribution in [2.24, 2.45) is 0 Å². The molecule has 0 aliphatic carbocycles. The van der Waals surface area contributed by atoms with E-state index in [0.29, 0.717) is 18.8 Å². The molecule has 8 heteroatoms. The fourth-order valence-electron chi connectivity index (χ4n) is 3.56. The lowest BCUT2D eigenvalue weighted by Crippen LogP contribution is -2.41. The van der Waals surface area contributed by atoms with Crippen molar-refractivity contribution in [1.29, 1.82) is 0 Å². The van der Waals surface area contributed by atoms with Crippen LogP contribution in [0.25, 0.3) is 0 Å². The van der Waals surface area contributed by atoms with E-state index in [1.165, 1.54) is 7.11 Å². The van der Waals surface area contributed by atoms with Gasteiger partial charge in [-0.05, 0) is 43.9 Å². The fraction of sp³-hybridized carbons (Fsp3) is 0.476. The first-order chi connectivity index (χ1) is 14.0. The lowest BCUT2D eigenvalue weighted by Gasteiger charge is -2.32. The van der Waals surface area contributed by atoms with E-state index < -0.39 is 0 Å². The molecule has 2 N–H and O–H groups in total. The highest BCUT2D eigenvalue weighted by Crippen LogP contribution is 2.30. The summed E-state index contributed by atoms with van der Waals surface area (Å²) in [7, 11) is 1.47. The molecule has 0 unspecified atom stereocenters. The standard InChI is InChI=1S/C21H28N4O4/c1-14-6-7-15(2)18(9-14)29-13-20(27)25-8-4-5-16(11-25)21-17(10-22-24-21)23-19(26)12-28-3/h6-7,9-10,16H,4-5,8,11-13H2,1-3H3,(H,22,24)(H,23,26)/t16-/m1/s1. The Hall–Kier alpha value is -2.87. The first-order valence-electron chi connectivity index (χ1n) is 9.77. The van der Waals surface area contributed by atoms with Gasteiger partial charge in [-0.15, -0.1) is 0 Å². The van der Waals surface area contributed by atoms with Gasteiger partial charge in [0.15, 0.2) is 6.61 Å². The Morgan fingerprint density at radius 2 is 2.14 bits per heavy atom. The van der Waals surface area contributed by atoms with Crippen LogP contribution < -0.4 is 10.1 Å². The summed E-state index contributed by atoms with van der Waals surface area (Å²) in [6, 6.07) is 5.96. The highest BCUT2D eigenvalue weighted by molar-refractivity contribution is 5.92. The summed E-state index contributed by atoms with van der Waals surface area (Å²) in [6.45, 7) is 5.22. The molecule has 0 spiro atoms. The predicted octanol–water partition coefficient (Wildman–Crippen LogP) is 2.40. The molecule has 1 saturated heterocycles. The van der Waals surface area contributed by atoms with E-state index in [9.17, 15) is 9.59 Å². The van der Waals surface area contributed by atoms with Crippen LogP contribution in [-0.2, 0) is 14.3 Å². The molecule has 2 amide bonds. The van der Waals surface area contributed by atoms with E-state index in [-0.39, 0.29) is 30.9 Å². The summed E-state index contributed by atoms with van der Waals surface area (Å²) < 4.78 is 10.6. The number of ether oxygens (including phenoxy) is 2. The average molecular weight is 400 g/mol. The van der Waals surface area contributed by atoms with Crippen molar-refractivity contribution in [3.05, 3.63) is 41.2 Å². The number of carbonyl (C=O) groups is 2. The molecule has 1 aromatic carbocycles. The smallest absolute Gasteiger partial charge is 0.260 e. The van der Waals surface area contributed by atoms with E-state index in [1.807, 2.05) is 36.9 Å². The van der Waals surface area contributed by atoms with Gasteiger partial charge in [-0.2, -0.15) is 5.10 Å². The van der Waals surface area contributed by atoms with Crippen molar-refractivity contribution in [3.8, 4) is 5.75 Å². The third-order valence-electron chi connectivity index (χ3n) is 5.10. The Bertz CT molecular complexity index is 864. The normalized spacial score (nSPS) is 16.5. The zero-order chi connectivity index (χ0) is 20.8. The number of aryl methyl sites for hydroxylation is 2. The Kier molecular flexibility index (Phi) is 6.87. The van der Waals surface area contributed by atoms with E-state index in [0.717, 1.165) is 35.4 Å². The molecular weight excluding hydrogens is 372 g/mol. The highest BCUT2D eigenvalue weighted by atomic mass is 16.5. The van der Waals surface area contributed by atoms with Crippen molar-refractivity contribution in [3.63, 3.8) is 0 Å². The van der Waals surface area contributed by atoms with Crippen LogP contribution in [0, 0.1) is 13.8 Å². The predicted molar refractivity (Wildman–Crippen MR) is 109 cm³/mol. The van der Waals surface area contributed by atoms with E-state index in [4.69, 9.17) is 9.47 Å². The van der Waals surface area contributed by atoms with Gasteiger partial charge < -0.3 is 19.7 Å². The molecule has 1 fully saturated rings. The highest BCUT2D eigenvalue weighted by Gasteiger charge is 2.28. The molecule has 8 nitrogen and oxygen atoms in total. The van der Waals surface area contributed by atoms with Crippen molar-refractivity contribution < 1.29 is 19.1 Å². The molecule has 0 saturated carbocycles. The van der Waals surface area contributed by atoms with Crippen LogP contribution in [0.4, 0.5) is 5.69 Å². The van der Waals surface area contributed by atoms with Crippen LogP contribution in [0.5, 0.6) is 5.75 Å². The molecule has 3 rings (SSSR count). The summed E-state index contributed by atoms with van der Waals surface area (Å²) in [5.74, 6) is 0.540. The van der Waals surface area contributed by atoms with Crippen molar-refractivity contribution in [2.45, 2.75) is 32.6 Å². The third-order valence-corrected chi connectivity index (χ3v) is 5.10.